The van der Waals surface area contributed by atoms with Crippen LogP contribution in [0.25, 0.3) is 32.3 Å². The van der Waals surface area contributed by atoms with E-state index in [9.17, 15) is 0 Å². The summed E-state index contributed by atoms with van der Waals surface area (Å²) in [6.45, 7) is 13.9. The van der Waals surface area contributed by atoms with Gasteiger partial charge in [0.2, 0.25) is 0 Å². The lowest BCUT2D eigenvalue weighted by Crippen LogP contribution is -2.33. The Morgan fingerprint density at radius 1 is 0.568 bits per heavy atom. The van der Waals surface area contributed by atoms with Crippen LogP contribution in [0, 0.1) is 27.7 Å². The fourth-order valence-electron chi connectivity index (χ4n) is 5.70. The molecule has 2 aromatic heterocycles. The second-order valence-corrected chi connectivity index (χ2v) is 14.0. The normalized spacial score (nSPS) is 21.8. The van der Waals surface area contributed by atoms with Gasteiger partial charge in [0, 0.05) is 36.7 Å². The lowest BCUT2D eigenvalue weighted by molar-refractivity contribution is -0.149. The van der Waals surface area contributed by atoms with Gasteiger partial charge in [0.25, 0.3) is 0 Å². The van der Waals surface area contributed by atoms with Crippen LogP contribution in [0.3, 0.4) is 0 Å². The van der Waals surface area contributed by atoms with Crippen molar-refractivity contribution >= 4 is 15.5 Å². The highest BCUT2D eigenvalue weighted by Crippen LogP contribution is 2.63. The topological polar surface area (TPSA) is 36.9 Å². The molecule has 37 heavy (non-hydrogen) atoms. The molecule has 2 aliphatic rings. The van der Waals surface area contributed by atoms with Crippen molar-refractivity contribution in [2.24, 2.45) is 0 Å². The standard InChI is InChI=1S/C31H34O4P2/c1-19-21(3)29-30-22(4)20(2)28(24-15-11-8-12-16-24)37(30)33-18-26-25(34-31(5,6)35-26)17-32-36(29)27(19)23-13-9-7-10-14-23/h7-16,25-26H,17-18H2,1-6H3/t25-,26-,36?,37?/m1/s1. The Bertz CT molecular complexity index is 1340. The lowest BCUT2D eigenvalue weighted by atomic mass is 10.0. The van der Waals surface area contributed by atoms with Crippen LogP contribution in [-0.4, -0.2) is 31.2 Å². The van der Waals surface area contributed by atoms with Crippen molar-refractivity contribution in [3.63, 3.8) is 0 Å². The molecule has 4 atom stereocenters. The molecule has 6 heteroatoms. The predicted molar refractivity (Wildman–Crippen MR) is 154 cm³/mol. The molecule has 4 aromatic rings. The summed E-state index contributed by atoms with van der Waals surface area (Å²) in [5.41, 5.74) is 7.72. The van der Waals surface area contributed by atoms with E-state index in [4.69, 9.17) is 18.5 Å². The molecule has 0 spiro atoms. The molecule has 2 unspecified atom stereocenters. The molecule has 0 radical (unpaired) electrons. The van der Waals surface area contributed by atoms with E-state index in [0.29, 0.717) is 13.2 Å². The van der Waals surface area contributed by atoms with Crippen molar-refractivity contribution in [1.29, 1.82) is 0 Å². The average molecular weight is 533 g/mol. The number of hydrogen-bond acceptors (Lipinski definition) is 4. The Balaban J connectivity index is 1.64. The minimum absolute atomic E-state index is 0.175. The Morgan fingerprint density at radius 2 is 0.919 bits per heavy atom. The van der Waals surface area contributed by atoms with Crippen molar-refractivity contribution < 1.29 is 18.5 Å². The number of rotatable bonds is 2. The zero-order valence-electron chi connectivity index (χ0n) is 22.4. The van der Waals surface area contributed by atoms with E-state index in [1.54, 1.807) is 0 Å². The van der Waals surface area contributed by atoms with E-state index in [1.165, 1.54) is 54.6 Å². The summed E-state index contributed by atoms with van der Waals surface area (Å²) in [6, 6.07) is 21.4. The van der Waals surface area contributed by atoms with Gasteiger partial charge in [0.05, 0.1) is 13.2 Å². The van der Waals surface area contributed by atoms with Crippen molar-refractivity contribution in [3.05, 3.63) is 82.9 Å². The third kappa shape index (κ3) is 4.25. The van der Waals surface area contributed by atoms with Crippen LogP contribution >= 0.6 is 15.5 Å². The third-order valence-corrected chi connectivity index (χ3v) is 12.6. The van der Waals surface area contributed by atoms with E-state index in [0.717, 1.165) is 0 Å². The fraction of sp³-hybridized carbons (Fsp3) is 0.355. The Hall–Kier alpha value is -2.16. The molecule has 4 nitrogen and oxygen atoms in total. The van der Waals surface area contributed by atoms with E-state index >= 15 is 0 Å². The molecule has 192 valence electrons. The molecule has 2 aromatic carbocycles. The third-order valence-electron chi connectivity index (χ3n) is 7.70. The second kappa shape index (κ2) is 9.54. The van der Waals surface area contributed by atoms with Gasteiger partial charge in [0.15, 0.2) is 5.79 Å². The summed E-state index contributed by atoms with van der Waals surface area (Å²) in [7, 11) is -2.11. The highest BCUT2D eigenvalue weighted by molar-refractivity contribution is 7.57. The zero-order chi connectivity index (χ0) is 25.9. The van der Waals surface area contributed by atoms with Crippen LogP contribution in [0.15, 0.2) is 60.7 Å². The average Bonchev–Trinajstić information content (AvgIpc) is 3.42. The molecule has 0 aliphatic carbocycles. The van der Waals surface area contributed by atoms with Gasteiger partial charge in [-0.05, 0) is 74.9 Å². The Kier molecular flexibility index (Phi) is 6.48. The van der Waals surface area contributed by atoms with E-state index in [1.807, 2.05) is 13.8 Å². The number of benzene rings is 2. The lowest BCUT2D eigenvalue weighted by Gasteiger charge is -2.22. The minimum atomic E-state index is -1.06. The second-order valence-electron chi connectivity index (χ2n) is 10.5. The van der Waals surface area contributed by atoms with Gasteiger partial charge in [-0.25, -0.2) is 0 Å². The van der Waals surface area contributed by atoms with Gasteiger partial charge in [-0.2, -0.15) is 0 Å². The van der Waals surface area contributed by atoms with Crippen LogP contribution < -0.4 is 9.05 Å². The predicted octanol–water partition coefficient (Wildman–Crippen LogP) is 8.29. The highest BCUT2D eigenvalue weighted by Gasteiger charge is 2.43. The van der Waals surface area contributed by atoms with Gasteiger partial charge in [0.1, 0.15) is 12.2 Å². The summed E-state index contributed by atoms with van der Waals surface area (Å²) in [4.78, 5) is 0. The van der Waals surface area contributed by atoms with Gasteiger partial charge < -0.3 is 18.5 Å². The largest absolute Gasteiger partial charge is 0.342 e. The zero-order valence-corrected chi connectivity index (χ0v) is 24.2. The number of ether oxygens (including phenoxy) is 2. The van der Waals surface area contributed by atoms with Crippen molar-refractivity contribution in [2.75, 3.05) is 13.2 Å². The summed E-state index contributed by atoms with van der Waals surface area (Å²) in [5.74, 6) is -0.660. The van der Waals surface area contributed by atoms with Crippen molar-refractivity contribution in [2.45, 2.75) is 59.5 Å². The Labute approximate surface area is 221 Å². The van der Waals surface area contributed by atoms with Crippen LogP contribution in [-0.2, 0) is 9.47 Å². The molecular weight excluding hydrogens is 498 g/mol. The maximum atomic E-state index is 6.94. The maximum Gasteiger partial charge on any atom is 0.163 e. The molecular formula is C31H34O4P2. The van der Waals surface area contributed by atoms with Crippen LogP contribution in [0.1, 0.15) is 36.1 Å². The monoisotopic (exact) mass is 532 g/mol. The van der Waals surface area contributed by atoms with Crippen LogP contribution in [0.4, 0.5) is 0 Å². The molecule has 1 saturated heterocycles. The Morgan fingerprint density at radius 3 is 1.30 bits per heavy atom. The van der Waals surface area contributed by atoms with Gasteiger partial charge in [-0.3, -0.25) is 0 Å². The first-order valence-corrected chi connectivity index (χ1v) is 15.5. The molecule has 2 aliphatic heterocycles. The quantitative estimate of drug-likeness (QED) is 0.260. The molecule has 4 heterocycles. The molecule has 0 saturated carbocycles. The highest BCUT2D eigenvalue weighted by atomic mass is 31.1. The summed E-state index contributed by atoms with van der Waals surface area (Å²) >= 11 is 0. The summed E-state index contributed by atoms with van der Waals surface area (Å²) in [5, 5.41) is 5.27. The number of fused-ring (bicyclic) bond motifs is 4. The van der Waals surface area contributed by atoms with Crippen molar-refractivity contribution in [1.82, 2.24) is 0 Å². The van der Waals surface area contributed by atoms with Crippen LogP contribution in [0.5, 0.6) is 0 Å². The van der Waals surface area contributed by atoms with Gasteiger partial charge in [-0.15, -0.1) is 0 Å². The SMILES string of the molecule is Cc1c(C)c2p(c1-c1ccccc1)OC[C@H]1OC(C)(C)O[C@@H]1COp1c(-c3ccccc3)c(C)c(C)c1-2. The van der Waals surface area contributed by atoms with Gasteiger partial charge in [-0.1, -0.05) is 60.7 Å². The van der Waals surface area contributed by atoms with E-state index < -0.39 is 21.3 Å². The first-order valence-electron chi connectivity index (χ1n) is 12.9. The van der Waals surface area contributed by atoms with Crippen molar-refractivity contribution in [3.8, 4) is 32.3 Å². The first kappa shape index (κ1) is 25.1. The summed E-state index contributed by atoms with van der Waals surface area (Å²) in [6.07, 6.45) is -0.349. The molecule has 0 bridgehead atoms. The van der Waals surface area contributed by atoms with E-state index in [2.05, 4.69) is 88.4 Å². The fourth-order valence-corrected chi connectivity index (χ4v) is 11.2. The van der Waals surface area contributed by atoms with Crippen LogP contribution in [0.2, 0.25) is 0 Å². The van der Waals surface area contributed by atoms with E-state index in [-0.39, 0.29) is 12.2 Å². The number of hydrogen-bond donors (Lipinski definition) is 0. The molecule has 6 rings (SSSR count). The molecule has 1 fully saturated rings. The maximum absolute atomic E-state index is 6.94. The molecule has 0 amide bonds. The minimum Gasteiger partial charge on any atom is -0.342 e. The molecule has 0 N–H and O–H groups in total. The van der Waals surface area contributed by atoms with Gasteiger partial charge >= 0.3 is 0 Å². The summed E-state index contributed by atoms with van der Waals surface area (Å²) < 4.78 is 26.5. The smallest absolute Gasteiger partial charge is 0.163 e. The first-order chi connectivity index (χ1) is 17.8.